The number of aliphatic hydroxyl groups excluding tert-OH is 3. The summed E-state index contributed by atoms with van der Waals surface area (Å²) in [6.07, 6.45) is 64.6. The monoisotopic (exact) mass is 1320 g/mol. The van der Waals surface area contributed by atoms with E-state index in [9.17, 15) is 24.8 Å². The van der Waals surface area contributed by atoms with Crippen LogP contribution in [0.4, 0.5) is 0 Å². The Morgan fingerprint density at radius 3 is 0.787 bits per heavy atom. The van der Waals surface area contributed by atoms with E-state index in [4.69, 9.17) is 13.8 Å². The Labute approximate surface area is 578 Å². The van der Waals surface area contributed by atoms with Crippen molar-refractivity contribution in [2.75, 3.05) is 13.2 Å². The Hall–Kier alpha value is -3.95. The number of aliphatic hydroxyl groups is 3. The van der Waals surface area contributed by atoms with Crippen molar-refractivity contribution < 1.29 is 38.6 Å². The van der Waals surface area contributed by atoms with Gasteiger partial charge in [0.15, 0.2) is 6.29 Å². The first-order valence-corrected chi connectivity index (χ1v) is 38.3. The van der Waals surface area contributed by atoms with Gasteiger partial charge in [0.1, 0.15) is 18.3 Å². The van der Waals surface area contributed by atoms with E-state index in [2.05, 4.69) is 209 Å². The molecule has 9 heteroatoms. The van der Waals surface area contributed by atoms with Gasteiger partial charge in [-0.1, -0.05) is 182 Å². The Balaban J connectivity index is 2.22. The molecule has 1 aliphatic heterocycles. The maximum atomic E-state index is 12.3. The lowest BCUT2D eigenvalue weighted by Crippen LogP contribution is -2.53. The van der Waals surface area contributed by atoms with E-state index < -0.39 is 32.4 Å². The minimum absolute atomic E-state index is 0.00551. The second-order valence-electron chi connectivity index (χ2n) is 28.7. The lowest BCUT2D eigenvalue weighted by atomic mass is 10.0. The van der Waals surface area contributed by atoms with Crippen molar-refractivity contribution in [3.63, 3.8) is 0 Å². The molecule has 1 unspecified atom stereocenters. The third-order valence-electron chi connectivity index (χ3n) is 18.2. The van der Waals surface area contributed by atoms with E-state index in [0.29, 0.717) is 6.42 Å². The maximum absolute atomic E-state index is 12.3. The van der Waals surface area contributed by atoms with E-state index in [-0.39, 0.29) is 19.1 Å². The van der Waals surface area contributed by atoms with Crippen molar-refractivity contribution in [3.8, 4) is 0 Å². The third kappa shape index (κ3) is 50.4. The zero-order valence-corrected chi connectivity index (χ0v) is 64.1. The molecule has 1 saturated heterocycles. The summed E-state index contributed by atoms with van der Waals surface area (Å²) < 4.78 is 27.4. The molecule has 0 bridgehead atoms. The second-order valence-corrected chi connectivity index (χ2v) is 30.1. The summed E-state index contributed by atoms with van der Waals surface area (Å²) >= 11 is 0. The summed E-state index contributed by atoms with van der Waals surface area (Å²) in [7, 11) is -4.52. The molecular weight excluding hydrogens is 1180 g/mol. The van der Waals surface area contributed by atoms with E-state index in [1.165, 1.54) is 109 Å². The number of phosphoric acid groups is 1. The predicted octanol–water partition coefficient (Wildman–Crippen LogP) is 25.5. The van der Waals surface area contributed by atoms with E-state index >= 15 is 0 Å². The molecule has 94 heavy (non-hydrogen) atoms. The van der Waals surface area contributed by atoms with Crippen LogP contribution in [-0.2, 0) is 18.3 Å². The summed E-state index contributed by atoms with van der Waals surface area (Å²) in [6, 6.07) is 0. The molecule has 0 amide bonds. The molecule has 0 aromatic rings. The molecule has 4 N–H and O–H groups in total. The van der Waals surface area contributed by atoms with Gasteiger partial charge in [0.25, 0.3) is 0 Å². The number of hydrogen-bond acceptors (Lipinski definition) is 7. The Morgan fingerprint density at radius 1 is 0.351 bits per heavy atom. The molecule has 0 aromatic heterocycles. The average Bonchev–Trinajstić information content (AvgIpc) is 0.926. The zero-order chi connectivity index (χ0) is 70.1. The van der Waals surface area contributed by atoms with Gasteiger partial charge in [-0.2, -0.15) is 0 Å². The molecular formula is C85H141O8P. The fourth-order valence-corrected chi connectivity index (χ4v) is 12.1. The fraction of sp³-hybridized carbons (Fsp3) is 0.647. The molecule has 8 nitrogen and oxygen atoms in total. The van der Waals surface area contributed by atoms with Crippen LogP contribution in [0.25, 0.3) is 0 Å². The summed E-state index contributed by atoms with van der Waals surface area (Å²) in [5.74, 6) is 0.264. The molecule has 0 aromatic carbocycles. The molecule has 0 aliphatic carbocycles. The number of ether oxygens (including phenoxy) is 1. The van der Waals surface area contributed by atoms with Gasteiger partial charge in [-0.3, -0.25) is 9.05 Å². The molecule has 6 atom stereocenters. The van der Waals surface area contributed by atoms with Gasteiger partial charge in [0.2, 0.25) is 0 Å². The normalized spacial score (nSPS) is 19.8. The largest absolute Gasteiger partial charge is 0.474 e. The van der Waals surface area contributed by atoms with Gasteiger partial charge in [0.05, 0.1) is 13.2 Å². The first-order valence-electron chi connectivity index (χ1n) is 36.8. The number of phosphoric ester groups is 1. The first-order chi connectivity index (χ1) is 44.6. The third-order valence-corrected chi connectivity index (χ3v) is 19.2. The Kier molecular flexibility index (Phi) is 50.6. The fourth-order valence-electron chi connectivity index (χ4n) is 11.3. The van der Waals surface area contributed by atoms with Crippen LogP contribution in [0.1, 0.15) is 317 Å². The van der Waals surface area contributed by atoms with Crippen molar-refractivity contribution in [1.82, 2.24) is 0 Å². The molecule has 534 valence electrons. The average molecular weight is 1320 g/mol. The van der Waals surface area contributed by atoms with Crippen molar-refractivity contribution in [1.29, 1.82) is 0 Å². The van der Waals surface area contributed by atoms with Crippen molar-refractivity contribution in [2.45, 2.75) is 341 Å². The standard InChI is InChI=1S/C85H141O8P/c1-66(2)33-18-34-67(3)35-19-36-68(4)37-20-38-69(5)39-21-40-70(6)41-22-42-71(7)43-23-44-72(8)45-24-46-73(9)47-25-48-74(10)49-26-50-75(11)51-27-52-76(12)53-28-54-77(13)55-29-56-78(14)57-30-58-79(15)59-31-60-80(16)61-32-62-81(17)63-64-92-94(89,90)93-85-84(88)83(87)82(86)65-91-85/h33,35,37,39,41,43,45,47,49,51,53,55,57,59,61,81-88H,18-32,34,36,38,40,42,44,46,48,50,52,54,56,58,60,62-65H2,1-17H3,(H,89,90)/b67-35+,68-37+,69-39-,70-41-,71-43-,72-45-,73-47-,74-49-,75-51-,76-53-,77-55-,78-57-,79-59-,80-61-/t81-,82+,83-,84+,85+/m0/s1. The second kappa shape index (κ2) is 54.0. The Bertz CT molecular complexity index is 2660. The number of allylic oxidation sites excluding steroid dienone is 30. The summed E-state index contributed by atoms with van der Waals surface area (Å²) in [4.78, 5) is 10.0. The van der Waals surface area contributed by atoms with Crippen LogP contribution in [0.15, 0.2) is 175 Å². The smallest absolute Gasteiger partial charge is 0.388 e. The quantitative estimate of drug-likeness (QED) is 0.0351. The van der Waals surface area contributed by atoms with Crippen LogP contribution >= 0.6 is 7.82 Å². The highest BCUT2D eigenvalue weighted by molar-refractivity contribution is 7.47. The molecule has 0 spiro atoms. The van der Waals surface area contributed by atoms with Crippen molar-refractivity contribution in [2.24, 2.45) is 5.92 Å². The van der Waals surface area contributed by atoms with Crippen LogP contribution in [0.5, 0.6) is 0 Å². The summed E-state index contributed by atoms with van der Waals surface area (Å²) in [5.41, 5.74) is 22.4. The number of hydrogen-bond donors (Lipinski definition) is 4. The highest BCUT2D eigenvalue weighted by Crippen LogP contribution is 2.46. The minimum atomic E-state index is -4.52. The Morgan fingerprint density at radius 2 is 0.564 bits per heavy atom. The number of rotatable bonds is 51. The SMILES string of the molecule is CC(C)=CCC/C(C)=C/CC/C(C)=C/CC/C(C)=C\CC/C(C)=C\CC/C(C)=C\CC/C(C)=C\CC/C(C)=C\CC/C(C)=C\CC/C(C)=C\CC/C(C)=C\CC/C(C)=C\CC/C(C)=C\CC/C(C)=C\CC/C(C)=C\CC[C@H](C)CCOP(=O)(O)O[C@H]1OC[C@@H](O)[C@H](O)[C@H]1O. The first kappa shape index (κ1) is 88.1. The molecule has 1 aliphatic rings. The van der Waals surface area contributed by atoms with E-state index in [1.54, 1.807) is 0 Å². The minimum Gasteiger partial charge on any atom is -0.388 e. The van der Waals surface area contributed by atoms with E-state index in [0.717, 1.165) is 167 Å². The van der Waals surface area contributed by atoms with Gasteiger partial charge >= 0.3 is 7.82 Å². The van der Waals surface area contributed by atoms with Gasteiger partial charge in [-0.05, 0) is 316 Å². The molecule has 1 rings (SSSR count). The highest BCUT2D eigenvalue weighted by atomic mass is 31.2. The lowest BCUT2D eigenvalue weighted by Gasteiger charge is -2.35. The van der Waals surface area contributed by atoms with Crippen LogP contribution in [0.2, 0.25) is 0 Å². The highest BCUT2D eigenvalue weighted by Gasteiger charge is 2.42. The molecule has 1 heterocycles. The van der Waals surface area contributed by atoms with Crippen LogP contribution in [0.3, 0.4) is 0 Å². The van der Waals surface area contributed by atoms with Gasteiger partial charge in [-0.15, -0.1) is 0 Å². The molecule has 0 radical (unpaired) electrons. The molecule has 0 saturated carbocycles. The van der Waals surface area contributed by atoms with Crippen LogP contribution in [0, 0.1) is 5.92 Å². The van der Waals surface area contributed by atoms with Crippen molar-refractivity contribution >= 4 is 7.82 Å². The van der Waals surface area contributed by atoms with E-state index in [1.807, 2.05) is 0 Å². The lowest BCUT2D eigenvalue weighted by molar-refractivity contribution is -0.246. The van der Waals surface area contributed by atoms with Gasteiger partial charge in [0, 0.05) is 0 Å². The van der Waals surface area contributed by atoms with Crippen LogP contribution in [-0.4, -0.2) is 58.0 Å². The summed E-state index contributed by atoms with van der Waals surface area (Å²) in [5, 5.41) is 29.3. The maximum Gasteiger partial charge on any atom is 0.474 e. The zero-order valence-electron chi connectivity index (χ0n) is 63.3. The summed E-state index contributed by atoms with van der Waals surface area (Å²) in [6.45, 7) is 38.1. The van der Waals surface area contributed by atoms with Gasteiger partial charge < -0.3 is 24.9 Å². The molecule has 1 fully saturated rings. The van der Waals surface area contributed by atoms with Gasteiger partial charge in [-0.25, -0.2) is 4.57 Å². The van der Waals surface area contributed by atoms with Crippen molar-refractivity contribution in [3.05, 3.63) is 175 Å². The topological polar surface area (TPSA) is 126 Å². The van der Waals surface area contributed by atoms with Crippen LogP contribution < -0.4 is 0 Å². The predicted molar refractivity (Wildman–Crippen MR) is 409 cm³/mol.